The Kier molecular flexibility index (Phi) is 12.2. The molecule has 19 N–H and O–H groups in total. The summed E-state index contributed by atoms with van der Waals surface area (Å²) in [5, 5.41) is 208. The molecule has 4 aliphatic heterocycles. The monoisotopic (exact) mass is 1240 g/mol. The van der Waals surface area contributed by atoms with Crippen LogP contribution in [0.15, 0.2) is 54.8 Å². The van der Waals surface area contributed by atoms with Gasteiger partial charge in [0.2, 0.25) is 46.0 Å². The van der Waals surface area contributed by atoms with E-state index in [4.69, 9.17) is 37.3 Å². The minimum Gasteiger partial charge on any atom is -0.504 e. The molecule has 34 heteroatoms. The Labute approximate surface area is 484 Å². The van der Waals surface area contributed by atoms with Crippen LogP contribution in [0.4, 0.5) is 0 Å². The molecule has 0 unspecified atom stereocenters. The second-order valence-electron chi connectivity index (χ2n) is 19.7. The van der Waals surface area contributed by atoms with E-state index in [1.54, 1.807) is 0 Å². The molecule has 13 rings (SSSR count). The molecule has 0 aliphatic carbocycles. The molecule has 34 nitrogen and oxygen atoms in total. The molecule has 0 radical (unpaired) electrons. The van der Waals surface area contributed by atoms with E-state index >= 15 is 9.59 Å². The highest BCUT2D eigenvalue weighted by molar-refractivity contribution is 6.22. The second kappa shape index (κ2) is 19.3. The summed E-state index contributed by atoms with van der Waals surface area (Å²) < 4.78 is 44.3. The molecule has 0 amide bonds. The van der Waals surface area contributed by atoms with Crippen LogP contribution in [0.2, 0.25) is 0 Å². The summed E-state index contributed by atoms with van der Waals surface area (Å²) >= 11 is 0. The molecule has 4 aliphatic rings. The van der Waals surface area contributed by atoms with Crippen LogP contribution in [-0.4, -0.2) is 158 Å². The van der Waals surface area contributed by atoms with Crippen molar-refractivity contribution in [2.24, 2.45) is 0 Å². The number of fused-ring (bicyclic) bond motifs is 6. The molecule has 5 atom stereocenters. The van der Waals surface area contributed by atoms with Gasteiger partial charge in [0, 0.05) is 50.7 Å². The van der Waals surface area contributed by atoms with Crippen LogP contribution in [0.5, 0.6) is 115 Å². The zero-order chi connectivity index (χ0) is 64.3. The topological polar surface area (TPSA) is 586 Å². The summed E-state index contributed by atoms with van der Waals surface area (Å²) in [6.07, 6.45) is -14.6. The van der Waals surface area contributed by atoms with E-state index in [2.05, 4.69) is 0 Å². The van der Waals surface area contributed by atoms with Crippen LogP contribution in [0.25, 0.3) is 55.0 Å². The lowest BCUT2D eigenvalue weighted by molar-refractivity contribution is -0.154. The third-order valence-electron chi connectivity index (χ3n) is 14.7. The van der Waals surface area contributed by atoms with Crippen molar-refractivity contribution in [2.75, 3.05) is 6.61 Å². The van der Waals surface area contributed by atoms with Gasteiger partial charge < -0.3 is 134 Å². The molecule has 0 spiro atoms. The fourth-order valence-corrected chi connectivity index (χ4v) is 10.6. The molecule has 4 bridgehead atoms. The first-order valence-electron chi connectivity index (χ1n) is 24.7. The van der Waals surface area contributed by atoms with Gasteiger partial charge in [0.25, 0.3) is 0 Å². The highest BCUT2D eigenvalue weighted by Crippen LogP contribution is 2.59. The summed E-state index contributed by atoms with van der Waals surface area (Å²) in [5.41, 5.74) is -17.1. The van der Waals surface area contributed by atoms with Gasteiger partial charge in [-0.05, 0) is 24.3 Å². The largest absolute Gasteiger partial charge is 0.504 e. The first-order chi connectivity index (χ1) is 41.9. The van der Waals surface area contributed by atoms with Crippen molar-refractivity contribution in [3.05, 3.63) is 90.6 Å². The maximum atomic E-state index is 15.1. The van der Waals surface area contributed by atoms with Crippen LogP contribution < -0.4 is 16.0 Å². The number of aromatic hydroxyl groups is 18. The molecule has 6 heterocycles. The average molecular weight is 1240 g/mol. The fraction of sp³-hybridized carbons (Fsp3) is 0.109. The number of phenolic OH excluding ortho intramolecular Hbond substituents is 18. The quantitative estimate of drug-likeness (QED) is 0.0387. The summed E-state index contributed by atoms with van der Waals surface area (Å²) in [4.78, 5) is 101. The van der Waals surface area contributed by atoms with Gasteiger partial charge in [0.1, 0.15) is 18.3 Å². The van der Waals surface area contributed by atoms with E-state index in [0.29, 0.717) is 18.2 Å². The van der Waals surface area contributed by atoms with Crippen molar-refractivity contribution in [3.63, 3.8) is 0 Å². The number of benzene rings is 7. The van der Waals surface area contributed by atoms with Gasteiger partial charge in [-0.3, -0.25) is 0 Å². The lowest BCUT2D eigenvalue weighted by Gasteiger charge is -2.40. The molecule has 0 fully saturated rings. The van der Waals surface area contributed by atoms with E-state index in [1.807, 2.05) is 0 Å². The van der Waals surface area contributed by atoms with Crippen molar-refractivity contribution in [3.8, 4) is 137 Å². The molecule has 0 saturated carbocycles. The predicted molar refractivity (Wildman–Crippen MR) is 280 cm³/mol. The van der Waals surface area contributed by atoms with Crippen molar-refractivity contribution in [2.45, 2.75) is 30.5 Å². The van der Waals surface area contributed by atoms with E-state index in [9.17, 15) is 121 Å². The maximum Gasteiger partial charge on any atom is 0.344 e. The first-order valence-corrected chi connectivity index (χ1v) is 24.7. The molecule has 9 aromatic rings. The Bertz CT molecular complexity index is 4900. The smallest absolute Gasteiger partial charge is 0.344 e. The van der Waals surface area contributed by atoms with Crippen molar-refractivity contribution < 1.29 is 158 Å². The molecular weight excluding hydrogens is 1200 g/mol. The number of carbonyl (C=O) groups is 5. The number of hydrogen-bond acceptors (Lipinski definition) is 34. The molecule has 0 saturated heterocycles. The normalized spacial score (nSPS) is 18.1. The van der Waals surface area contributed by atoms with E-state index in [-0.39, 0.29) is 12.1 Å². The lowest BCUT2D eigenvalue weighted by Crippen LogP contribution is -2.56. The fourth-order valence-electron chi connectivity index (χ4n) is 10.6. The Morgan fingerprint density at radius 2 is 0.854 bits per heavy atom. The first kappa shape index (κ1) is 56.5. The standard InChI is InChI=1S/C55H32O34/c56-14-1-8-21(35(67)29(14)61)22-9(2-15(57)30(62)36(22)68)50(76)85-44(48-47-40(72)28-27(55(81)88-47)26(38(70)41(73)39(28)71)23-10(51(77)89-48)3-16(58)31(63)37(23)69)20(7-82-49(8)75)84-54(80)13-5-17(59)32(64)42(74)43(13)83-19-6-12-25-24-11(52(78)87-46(25)34(19)66)4-18(60)33(65)45(24)86-53(12)79/h1-6,20,40,44,47-48,56-74H,7H2/t20-,40-,44-,47+,48+/m1/s1. The minimum atomic E-state index is -3.06. The van der Waals surface area contributed by atoms with Crippen LogP contribution in [-0.2, 0) is 23.7 Å². The molecule has 89 heavy (non-hydrogen) atoms. The highest BCUT2D eigenvalue weighted by Gasteiger charge is 2.55. The van der Waals surface area contributed by atoms with Crippen molar-refractivity contribution in [1.29, 1.82) is 0 Å². The van der Waals surface area contributed by atoms with E-state index < -0.39 is 282 Å². The average Bonchev–Trinajstić information content (AvgIpc) is 0.795. The zero-order valence-corrected chi connectivity index (χ0v) is 43.2. The summed E-state index contributed by atoms with van der Waals surface area (Å²) in [6.45, 7) is -1.74. The Morgan fingerprint density at radius 1 is 0.416 bits per heavy atom. The SMILES string of the molecule is O=C(O[C@@H]1COC(=O)c2cc(O)c(O)c(O)c2-c2c(cc(O)c(O)c2O)C(=O)O[C@H]1[C@@H]1OC(=O)c2cc(O)c(O)c(O)c2-c2c(O)c(O)c(O)c3c2C(=O)O[C@H]1[C@@H]3O)c1cc(O)c(O)c(O)c1Oc1cc2c(=O)oc3c(O)c(O)cc4c(=O)oc(c1O)c2c34. The summed E-state index contributed by atoms with van der Waals surface area (Å²) in [5.74, 6) is -38.8. The molecule has 2 aromatic heterocycles. The number of phenols is 18. The van der Waals surface area contributed by atoms with Gasteiger partial charge in [0.15, 0.2) is 105 Å². The molecule has 7 aromatic carbocycles. The van der Waals surface area contributed by atoms with E-state index in [1.165, 1.54) is 0 Å². The van der Waals surface area contributed by atoms with Gasteiger partial charge in [0.05, 0.1) is 33.0 Å². The van der Waals surface area contributed by atoms with Gasteiger partial charge in [-0.15, -0.1) is 0 Å². The second-order valence-corrected chi connectivity index (χ2v) is 19.7. The number of esters is 5. The molecular formula is C55H32O34. The number of aliphatic hydroxyl groups is 1. The van der Waals surface area contributed by atoms with Gasteiger partial charge in [-0.2, -0.15) is 0 Å². The predicted octanol–water partition coefficient (Wildman–Crippen LogP) is 3.05. The van der Waals surface area contributed by atoms with Crippen LogP contribution >= 0.6 is 0 Å². The number of cyclic esters (lactones) is 2. The van der Waals surface area contributed by atoms with E-state index in [0.717, 1.165) is 6.07 Å². The third-order valence-corrected chi connectivity index (χ3v) is 14.7. The third kappa shape index (κ3) is 7.96. The Morgan fingerprint density at radius 3 is 1.40 bits per heavy atom. The summed E-state index contributed by atoms with van der Waals surface area (Å²) in [6, 6.07) is 2.46. The van der Waals surface area contributed by atoms with Gasteiger partial charge >= 0.3 is 41.1 Å². The van der Waals surface area contributed by atoms with Crippen molar-refractivity contribution in [1.82, 2.24) is 0 Å². The number of carbonyl (C=O) groups excluding carboxylic acids is 5. The maximum absolute atomic E-state index is 15.1. The molecule has 456 valence electrons. The van der Waals surface area contributed by atoms with Crippen LogP contribution in [0.1, 0.15) is 63.5 Å². The zero-order valence-electron chi connectivity index (χ0n) is 43.2. The number of hydrogen-bond donors (Lipinski definition) is 19. The van der Waals surface area contributed by atoms with Gasteiger partial charge in [-0.1, -0.05) is 0 Å². The lowest BCUT2D eigenvalue weighted by atomic mass is 9.82. The van der Waals surface area contributed by atoms with Crippen LogP contribution in [0, 0.1) is 0 Å². The number of rotatable bonds is 5. The number of aliphatic hydroxyl groups excluding tert-OH is 1. The van der Waals surface area contributed by atoms with Gasteiger partial charge in [-0.25, -0.2) is 33.6 Å². The highest BCUT2D eigenvalue weighted by atomic mass is 16.6. The van der Waals surface area contributed by atoms with Crippen molar-refractivity contribution >= 4 is 62.6 Å². The Hall–Kier alpha value is -13.0. The number of ether oxygens (including phenoxy) is 6. The van der Waals surface area contributed by atoms with Crippen LogP contribution in [0.3, 0.4) is 0 Å². The Balaban J connectivity index is 1.08. The summed E-state index contributed by atoms with van der Waals surface area (Å²) in [7, 11) is 0. The minimum absolute atomic E-state index is 0.236.